The highest BCUT2D eigenvalue weighted by Crippen LogP contribution is 2.17. The zero-order valence-electron chi connectivity index (χ0n) is 9.90. The maximum atomic E-state index is 5.87. The molecule has 3 rings (SSSR count). The van der Waals surface area contributed by atoms with E-state index in [1.54, 1.807) is 24.3 Å². The van der Waals surface area contributed by atoms with Gasteiger partial charge in [0.2, 0.25) is 11.2 Å². The molecule has 0 bridgehead atoms. The lowest BCUT2D eigenvalue weighted by Gasteiger charge is -2.06. The van der Waals surface area contributed by atoms with E-state index in [-0.39, 0.29) is 11.2 Å². The van der Waals surface area contributed by atoms with Crippen LogP contribution in [0.4, 0.5) is 11.6 Å². The Morgan fingerprint density at radius 2 is 1.80 bits per heavy atom. The Kier molecular flexibility index (Phi) is 3.44. The second-order valence-electron chi connectivity index (χ2n) is 3.70. The molecule has 2 heterocycles. The minimum atomic E-state index is 0.0574. The van der Waals surface area contributed by atoms with Crippen molar-refractivity contribution < 1.29 is 0 Å². The Labute approximate surface area is 123 Å². The van der Waals surface area contributed by atoms with Crippen molar-refractivity contribution in [1.29, 1.82) is 0 Å². The lowest BCUT2D eigenvalue weighted by Crippen LogP contribution is -2.06. The quantitative estimate of drug-likeness (QED) is 0.800. The molecule has 3 aromatic rings. The fourth-order valence-corrected chi connectivity index (χ4v) is 1.75. The largest absolute Gasteiger partial charge is 0.324 e. The van der Waals surface area contributed by atoms with Gasteiger partial charge in [0, 0.05) is 10.7 Å². The molecule has 0 saturated carbocycles. The molecule has 2 aromatic heterocycles. The molecule has 9 heteroatoms. The van der Waals surface area contributed by atoms with Crippen molar-refractivity contribution >= 4 is 34.8 Å². The lowest BCUT2D eigenvalue weighted by atomic mass is 10.3. The number of rotatable bonds is 3. The first-order chi connectivity index (χ1) is 9.70. The summed E-state index contributed by atoms with van der Waals surface area (Å²) < 4.78 is 1.39. The van der Waals surface area contributed by atoms with Crippen molar-refractivity contribution in [2.75, 3.05) is 5.32 Å². The smallest absolute Gasteiger partial charge is 0.258 e. The molecule has 7 nitrogen and oxygen atoms in total. The second-order valence-corrected chi connectivity index (χ2v) is 4.47. The van der Waals surface area contributed by atoms with Crippen LogP contribution in [0.1, 0.15) is 0 Å². The Hall–Kier alpha value is -2.25. The van der Waals surface area contributed by atoms with E-state index < -0.39 is 0 Å². The fraction of sp³-hybridized carbons (Fsp3) is 0. The summed E-state index contributed by atoms with van der Waals surface area (Å²) in [6.45, 7) is 0. The van der Waals surface area contributed by atoms with Crippen LogP contribution in [0.15, 0.2) is 36.9 Å². The second kappa shape index (κ2) is 5.40. The van der Waals surface area contributed by atoms with Crippen LogP contribution in [0.2, 0.25) is 10.3 Å². The summed E-state index contributed by atoms with van der Waals surface area (Å²) in [6, 6.07) is 7.11. The van der Waals surface area contributed by atoms with Crippen molar-refractivity contribution in [3.63, 3.8) is 0 Å². The maximum Gasteiger partial charge on any atom is 0.258 e. The summed E-state index contributed by atoms with van der Waals surface area (Å²) in [5.41, 5.74) is 0.779. The molecule has 0 aliphatic carbocycles. The van der Waals surface area contributed by atoms with Crippen LogP contribution in [0.25, 0.3) is 5.95 Å². The predicted octanol–water partition coefficient (Wildman–Crippen LogP) is 2.50. The molecule has 0 atom stereocenters. The fourth-order valence-electron chi connectivity index (χ4n) is 1.47. The minimum absolute atomic E-state index is 0.0574. The molecule has 0 aliphatic heterocycles. The first-order valence-electron chi connectivity index (χ1n) is 5.50. The number of aromatic nitrogens is 6. The normalized spacial score (nSPS) is 10.5. The van der Waals surface area contributed by atoms with Gasteiger partial charge in [0.25, 0.3) is 5.95 Å². The van der Waals surface area contributed by atoms with Gasteiger partial charge in [-0.1, -0.05) is 11.6 Å². The van der Waals surface area contributed by atoms with Crippen LogP contribution in [0, 0.1) is 0 Å². The van der Waals surface area contributed by atoms with Gasteiger partial charge in [0.1, 0.15) is 12.7 Å². The number of nitrogens with zero attached hydrogens (tertiary/aromatic N) is 6. The zero-order valence-corrected chi connectivity index (χ0v) is 11.4. The number of benzene rings is 1. The molecule has 0 unspecified atom stereocenters. The van der Waals surface area contributed by atoms with Gasteiger partial charge in [-0.25, -0.2) is 4.98 Å². The van der Waals surface area contributed by atoms with Crippen LogP contribution in [0.3, 0.4) is 0 Å². The van der Waals surface area contributed by atoms with E-state index in [2.05, 4.69) is 30.4 Å². The highest BCUT2D eigenvalue weighted by Gasteiger charge is 2.07. The molecular weight excluding hydrogens is 301 g/mol. The van der Waals surface area contributed by atoms with Gasteiger partial charge in [0.15, 0.2) is 0 Å². The zero-order chi connectivity index (χ0) is 13.9. The van der Waals surface area contributed by atoms with Crippen molar-refractivity contribution in [2.45, 2.75) is 0 Å². The van der Waals surface area contributed by atoms with Crippen LogP contribution in [0.5, 0.6) is 0 Å². The average molecular weight is 308 g/mol. The molecule has 1 N–H and O–H groups in total. The van der Waals surface area contributed by atoms with E-state index in [4.69, 9.17) is 23.2 Å². The molecule has 100 valence electrons. The first-order valence-corrected chi connectivity index (χ1v) is 6.25. The molecule has 20 heavy (non-hydrogen) atoms. The minimum Gasteiger partial charge on any atom is -0.324 e. The van der Waals surface area contributed by atoms with Crippen molar-refractivity contribution in [3.05, 3.63) is 47.2 Å². The van der Waals surface area contributed by atoms with Gasteiger partial charge >= 0.3 is 0 Å². The molecule has 0 spiro atoms. The topological polar surface area (TPSA) is 81.4 Å². The van der Waals surface area contributed by atoms with Gasteiger partial charge < -0.3 is 5.32 Å². The molecule has 0 saturated heterocycles. The highest BCUT2D eigenvalue weighted by atomic mass is 35.5. The van der Waals surface area contributed by atoms with Gasteiger partial charge in [-0.15, -0.1) is 0 Å². The number of hydrogen-bond acceptors (Lipinski definition) is 6. The lowest BCUT2D eigenvalue weighted by molar-refractivity contribution is 0.796. The Morgan fingerprint density at radius 3 is 2.50 bits per heavy atom. The SMILES string of the molecule is Clc1ccc(Nc2nc(Cl)nc(-n3cncn3)n2)cc1. The molecule has 1 aromatic carbocycles. The molecule has 0 radical (unpaired) electrons. The maximum absolute atomic E-state index is 5.87. The van der Waals surface area contributed by atoms with Crippen LogP contribution < -0.4 is 5.32 Å². The first kappa shape index (κ1) is 12.8. The predicted molar refractivity (Wildman–Crippen MR) is 74.5 cm³/mol. The summed E-state index contributed by atoms with van der Waals surface area (Å²) >= 11 is 11.7. The van der Waals surface area contributed by atoms with E-state index in [1.807, 2.05) is 0 Å². The molecular formula is C11H7Cl2N7. The van der Waals surface area contributed by atoms with E-state index in [0.29, 0.717) is 11.0 Å². The average Bonchev–Trinajstić information content (AvgIpc) is 2.95. The van der Waals surface area contributed by atoms with Gasteiger partial charge in [-0.3, -0.25) is 0 Å². The number of hydrogen-bond donors (Lipinski definition) is 1. The Morgan fingerprint density at radius 1 is 1.00 bits per heavy atom. The third kappa shape index (κ3) is 2.84. The summed E-state index contributed by atoms with van der Waals surface area (Å²) in [5.74, 6) is 0.580. The molecule has 0 fully saturated rings. The summed E-state index contributed by atoms with van der Waals surface area (Å²) in [7, 11) is 0. The molecule has 0 amide bonds. The van der Waals surface area contributed by atoms with Crippen LogP contribution in [-0.4, -0.2) is 29.7 Å². The van der Waals surface area contributed by atoms with E-state index in [9.17, 15) is 0 Å². The third-order valence-electron chi connectivity index (χ3n) is 2.32. The number of anilines is 2. The van der Waals surface area contributed by atoms with Crippen molar-refractivity contribution in [1.82, 2.24) is 29.7 Å². The number of halogens is 2. The van der Waals surface area contributed by atoms with Gasteiger partial charge in [-0.05, 0) is 35.9 Å². The van der Waals surface area contributed by atoms with Crippen molar-refractivity contribution in [2.24, 2.45) is 0 Å². The third-order valence-corrected chi connectivity index (χ3v) is 2.74. The van der Waals surface area contributed by atoms with E-state index in [1.165, 1.54) is 17.3 Å². The summed E-state index contributed by atoms with van der Waals surface area (Å²) in [5, 5.41) is 7.65. The van der Waals surface area contributed by atoms with Crippen LogP contribution in [-0.2, 0) is 0 Å². The number of nitrogens with one attached hydrogen (secondary N) is 1. The van der Waals surface area contributed by atoms with E-state index in [0.717, 1.165) is 5.69 Å². The van der Waals surface area contributed by atoms with Crippen molar-refractivity contribution in [3.8, 4) is 5.95 Å². The summed E-state index contributed by atoms with van der Waals surface area (Å²) in [6.07, 6.45) is 2.85. The van der Waals surface area contributed by atoms with Gasteiger partial charge in [-0.2, -0.15) is 24.7 Å². The Balaban J connectivity index is 1.92. The highest BCUT2D eigenvalue weighted by molar-refractivity contribution is 6.30. The monoisotopic (exact) mass is 307 g/mol. The molecule has 0 aliphatic rings. The standard InChI is InChI=1S/C11H7Cl2N7/c12-7-1-3-8(4-2-7)16-10-17-9(13)18-11(19-10)20-6-14-5-15-20/h1-6H,(H,16,17,18,19). The van der Waals surface area contributed by atoms with Crippen LogP contribution >= 0.6 is 23.2 Å². The van der Waals surface area contributed by atoms with E-state index >= 15 is 0 Å². The summed E-state index contributed by atoms with van der Waals surface area (Å²) in [4.78, 5) is 16.0. The van der Waals surface area contributed by atoms with Gasteiger partial charge in [0.05, 0.1) is 0 Å². The Bertz CT molecular complexity index is 712.